The third kappa shape index (κ3) is 3.50. The summed E-state index contributed by atoms with van der Waals surface area (Å²) in [5.74, 6) is 0.477. The van der Waals surface area contributed by atoms with Crippen molar-refractivity contribution >= 4 is 5.78 Å². The standard InChI is InChI=1S/C14H20O/c1-10-5-7-14(9-12(10)3)8-6-11(2)13(4)15/h5,7,9,11H,6,8H2,1-4H3/t11-/m0/s1. The first-order valence-corrected chi connectivity index (χ1v) is 5.57. The van der Waals surface area contributed by atoms with Crippen molar-refractivity contribution < 1.29 is 4.79 Å². The van der Waals surface area contributed by atoms with Crippen LogP contribution in [0.3, 0.4) is 0 Å². The van der Waals surface area contributed by atoms with Gasteiger partial charge < -0.3 is 0 Å². The fraction of sp³-hybridized carbons (Fsp3) is 0.500. The second-order valence-electron chi connectivity index (χ2n) is 4.47. The van der Waals surface area contributed by atoms with Crippen molar-refractivity contribution in [1.29, 1.82) is 0 Å². The van der Waals surface area contributed by atoms with E-state index in [2.05, 4.69) is 32.0 Å². The summed E-state index contributed by atoms with van der Waals surface area (Å²) in [5, 5.41) is 0. The van der Waals surface area contributed by atoms with Gasteiger partial charge in [-0.1, -0.05) is 25.1 Å². The molecule has 0 N–H and O–H groups in total. The van der Waals surface area contributed by atoms with Gasteiger partial charge in [0, 0.05) is 5.92 Å². The van der Waals surface area contributed by atoms with Gasteiger partial charge in [-0.2, -0.15) is 0 Å². The molecule has 0 spiro atoms. The Morgan fingerprint density at radius 1 is 1.27 bits per heavy atom. The molecule has 0 saturated heterocycles. The summed E-state index contributed by atoms with van der Waals surface area (Å²) in [7, 11) is 0. The number of carbonyl (C=O) groups is 1. The molecule has 0 fully saturated rings. The van der Waals surface area contributed by atoms with Gasteiger partial charge in [-0.3, -0.25) is 4.79 Å². The fourth-order valence-electron chi connectivity index (χ4n) is 1.55. The van der Waals surface area contributed by atoms with Crippen molar-refractivity contribution in [3.05, 3.63) is 34.9 Å². The summed E-state index contributed by atoms with van der Waals surface area (Å²) in [6, 6.07) is 6.54. The maximum Gasteiger partial charge on any atom is 0.132 e. The highest BCUT2D eigenvalue weighted by molar-refractivity contribution is 5.77. The maximum atomic E-state index is 11.1. The van der Waals surface area contributed by atoms with Gasteiger partial charge in [0.1, 0.15) is 5.78 Å². The second kappa shape index (κ2) is 5.11. The Morgan fingerprint density at radius 3 is 2.47 bits per heavy atom. The molecule has 0 saturated carbocycles. The molecule has 0 aliphatic carbocycles. The summed E-state index contributed by atoms with van der Waals surface area (Å²) >= 11 is 0. The minimum Gasteiger partial charge on any atom is -0.300 e. The second-order valence-corrected chi connectivity index (χ2v) is 4.47. The average Bonchev–Trinajstić information content (AvgIpc) is 2.19. The lowest BCUT2D eigenvalue weighted by atomic mass is 9.96. The van der Waals surface area contributed by atoms with Crippen LogP contribution in [-0.2, 0) is 11.2 Å². The lowest BCUT2D eigenvalue weighted by Gasteiger charge is -2.08. The summed E-state index contributed by atoms with van der Waals surface area (Å²) in [4.78, 5) is 11.1. The normalized spacial score (nSPS) is 12.5. The molecule has 1 atom stereocenters. The van der Waals surface area contributed by atoms with Crippen LogP contribution < -0.4 is 0 Å². The number of hydrogen-bond acceptors (Lipinski definition) is 1. The van der Waals surface area contributed by atoms with Gasteiger partial charge in [0.15, 0.2) is 0 Å². The molecule has 0 bridgehead atoms. The highest BCUT2D eigenvalue weighted by atomic mass is 16.1. The Labute approximate surface area is 92.5 Å². The van der Waals surface area contributed by atoms with E-state index in [9.17, 15) is 4.79 Å². The fourth-order valence-corrected chi connectivity index (χ4v) is 1.55. The summed E-state index contributed by atoms with van der Waals surface area (Å²) in [5.41, 5.74) is 4.01. The quantitative estimate of drug-likeness (QED) is 0.734. The zero-order valence-corrected chi connectivity index (χ0v) is 10.1. The molecule has 0 unspecified atom stereocenters. The van der Waals surface area contributed by atoms with E-state index >= 15 is 0 Å². The molecule has 1 nitrogen and oxygen atoms in total. The molecule has 0 aliphatic rings. The van der Waals surface area contributed by atoms with Gasteiger partial charge >= 0.3 is 0 Å². The number of benzene rings is 1. The third-order valence-corrected chi connectivity index (χ3v) is 3.13. The third-order valence-electron chi connectivity index (χ3n) is 3.13. The average molecular weight is 204 g/mol. The monoisotopic (exact) mass is 204 g/mol. The number of hydrogen-bond donors (Lipinski definition) is 0. The van der Waals surface area contributed by atoms with E-state index in [4.69, 9.17) is 0 Å². The molecule has 15 heavy (non-hydrogen) atoms. The topological polar surface area (TPSA) is 17.1 Å². The maximum absolute atomic E-state index is 11.1. The van der Waals surface area contributed by atoms with Crippen LogP contribution in [0.2, 0.25) is 0 Å². The summed E-state index contributed by atoms with van der Waals surface area (Å²) < 4.78 is 0. The van der Waals surface area contributed by atoms with Crippen molar-refractivity contribution in [3.8, 4) is 0 Å². The Hall–Kier alpha value is -1.11. The van der Waals surface area contributed by atoms with E-state index in [1.807, 2.05) is 6.92 Å². The molecule has 1 heteroatoms. The SMILES string of the molecule is CC(=O)[C@@H](C)CCc1ccc(C)c(C)c1. The van der Waals surface area contributed by atoms with Crippen LogP contribution in [0.1, 0.15) is 37.0 Å². The molecule has 0 heterocycles. The van der Waals surface area contributed by atoms with E-state index < -0.39 is 0 Å². The van der Waals surface area contributed by atoms with Crippen molar-refractivity contribution in [2.24, 2.45) is 5.92 Å². The van der Waals surface area contributed by atoms with Crippen molar-refractivity contribution in [1.82, 2.24) is 0 Å². The van der Waals surface area contributed by atoms with Gasteiger partial charge in [0.05, 0.1) is 0 Å². The first-order chi connectivity index (χ1) is 7.00. The highest BCUT2D eigenvalue weighted by Crippen LogP contribution is 2.14. The van der Waals surface area contributed by atoms with Crippen molar-refractivity contribution in [2.75, 3.05) is 0 Å². The van der Waals surface area contributed by atoms with Crippen LogP contribution in [0, 0.1) is 19.8 Å². The smallest absolute Gasteiger partial charge is 0.132 e. The zero-order chi connectivity index (χ0) is 11.4. The van der Waals surface area contributed by atoms with Gasteiger partial charge in [0.25, 0.3) is 0 Å². The molecule has 1 aromatic rings. The van der Waals surface area contributed by atoms with Crippen molar-refractivity contribution in [3.63, 3.8) is 0 Å². The molecule has 0 aliphatic heterocycles. The summed E-state index contributed by atoms with van der Waals surface area (Å²) in [6.45, 7) is 7.93. The van der Waals surface area contributed by atoms with Crippen LogP contribution in [0.5, 0.6) is 0 Å². The molecule has 82 valence electrons. The van der Waals surface area contributed by atoms with Gasteiger partial charge in [-0.25, -0.2) is 0 Å². The highest BCUT2D eigenvalue weighted by Gasteiger charge is 2.07. The predicted molar refractivity (Wildman–Crippen MR) is 64.1 cm³/mol. The Bertz CT molecular complexity index is 352. The van der Waals surface area contributed by atoms with E-state index in [-0.39, 0.29) is 5.92 Å². The number of carbonyl (C=O) groups excluding carboxylic acids is 1. The summed E-state index contributed by atoms with van der Waals surface area (Å²) in [6.07, 6.45) is 1.96. The van der Waals surface area contributed by atoms with E-state index in [1.54, 1.807) is 6.92 Å². The number of Topliss-reactive ketones (excluding diaryl/α,β-unsaturated/α-hetero) is 1. The minimum atomic E-state index is 0.187. The lowest BCUT2D eigenvalue weighted by molar-refractivity contribution is -0.120. The molecule has 1 aromatic carbocycles. The van der Waals surface area contributed by atoms with Crippen LogP contribution in [0.15, 0.2) is 18.2 Å². The molecule has 1 rings (SSSR count). The van der Waals surface area contributed by atoms with Crippen LogP contribution >= 0.6 is 0 Å². The minimum absolute atomic E-state index is 0.187. The Balaban J connectivity index is 2.58. The Kier molecular flexibility index (Phi) is 4.07. The molecular formula is C14H20O. The number of rotatable bonds is 4. The van der Waals surface area contributed by atoms with Gasteiger partial charge in [-0.05, 0) is 50.3 Å². The van der Waals surface area contributed by atoms with E-state index in [0.717, 1.165) is 12.8 Å². The van der Waals surface area contributed by atoms with Crippen LogP contribution in [-0.4, -0.2) is 5.78 Å². The van der Waals surface area contributed by atoms with E-state index in [0.29, 0.717) is 5.78 Å². The number of aryl methyl sites for hydroxylation is 3. The van der Waals surface area contributed by atoms with Crippen molar-refractivity contribution in [2.45, 2.75) is 40.5 Å². The zero-order valence-electron chi connectivity index (χ0n) is 10.1. The van der Waals surface area contributed by atoms with Crippen LogP contribution in [0.25, 0.3) is 0 Å². The lowest BCUT2D eigenvalue weighted by Crippen LogP contribution is -2.07. The molecule has 0 radical (unpaired) electrons. The molecule has 0 aromatic heterocycles. The Morgan fingerprint density at radius 2 is 1.93 bits per heavy atom. The molecule has 0 amide bonds. The first kappa shape index (κ1) is 12.0. The first-order valence-electron chi connectivity index (χ1n) is 5.57. The largest absolute Gasteiger partial charge is 0.300 e. The van der Waals surface area contributed by atoms with Crippen LogP contribution in [0.4, 0.5) is 0 Å². The van der Waals surface area contributed by atoms with Gasteiger partial charge in [-0.15, -0.1) is 0 Å². The van der Waals surface area contributed by atoms with Gasteiger partial charge in [0.2, 0.25) is 0 Å². The number of ketones is 1. The van der Waals surface area contributed by atoms with E-state index in [1.165, 1.54) is 16.7 Å². The predicted octanol–water partition coefficient (Wildman–Crippen LogP) is 3.46. The molecular weight excluding hydrogens is 184 g/mol.